The third-order valence-electron chi connectivity index (χ3n) is 4.47. The average Bonchev–Trinajstić information content (AvgIpc) is 2.55. The van der Waals surface area contributed by atoms with Crippen molar-refractivity contribution in [1.29, 1.82) is 0 Å². The Kier molecular flexibility index (Phi) is 12.0. The molecule has 2 amide bonds. The van der Waals surface area contributed by atoms with Crippen LogP contribution in [0.2, 0.25) is 0 Å². The van der Waals surface area contributed by atoms with Crippen LogP contribution in [0, 0.1) is 5.92 Å². The Bertz CT molecular complexity index is 584. The van der Waals surface area contributed by atoms with E-state index in [4.69, 9.17) is 4.74 Å². The van der Waals surface area contributed by atoms with Gasteiger partial charge in [-0.1, -0.05) is 0 Å². The number of rotatable bonds is 5. The van der Waals surface area contributed by atoms with E-state index < -0.39 is 5.60 Å². The van der Waals surface area contributed by atoms with Crippen LogP contribution in [0.1, 0.15) is 60.8 Å². The van der Waals surface area contributed by atoms with Crippen molar-refractivity contribution in [3.63, 3.8) is 0 Å². The van der Waals surface area contributed by atoms with E-state index in [0.717, 1.165) is 38.9 Å². The molecule has 0 aromatic carbocycles. The van der Waals surface area contributed by atoms with Gasteiger partial charge in [0.1, 0.15) is 5.60 Å². The van der Waals surface area contributed by atoms with Gasteiger partial charge in [-0.25, -0.2) is 4.79 Å². The molecule has 8 nitrogen and oxygen atoms in total. The Morgan fingerprint density at radius 2 is 1.83 bits per heavy atom. The van der Waals surface area contributed by atoms with E-state index in [-0.39, 0.29) is 48.1 Å². The van der Waals surface area contributed by atoms with Gasteiger partial charge in [-0.15, -0.1) is 24.0 Å². The lowest BCUT2D eigenvalue weighted by Crippen LogP contribution is -2.49. The predicted molar refractivity (Wildman–Crippen MR) is 132 cm³/mol. The van der Waals surface area contributed by atoms with E-state index in [1.165, 1.54) is 0 Å². The van der Waals surface area contributed by atoms with Crippen LogP contribution in [0.5, 0.6) is 0 Å². The molecule has 176 valence electrons. The molecule has 30 heavy (non-hydrogen) atoms. The quantitative estimate of drug-likeness (QED) is 0.319. The number of nitrogens with zero attached hydrogens (tertiary/aromatic N) is 3. The summed E-state index contributed by atoms with van der Waals surface area (Å²) in [5, 5.41) is 6.28. The summed E-state index contributed by atoms with van der Waals surface area (Å²) in [6.07, 6.45) is 2.80. The Hall–Kier alpha value is -1.26. The third kappa shape index (κ3) is 11.8. The van der Waals surface area contributed by atoms with E-state index in [1.807, 2.05) is 58.4 Å². The van der Waals surface area contributed by atoms with Gasteiger partial charge in [0.25, 0.3) is 0 Å². The summed E-state index contributed by atoms with van der Waals surface area (Å²) in [4.78, 5) is 32.3. The van der Waals surface area contributed by atoms with Gasteiger partial charge in [0.15, 0.2) is 5.96 Å². The first-order valence-electron chi connectivity index (χ1n) is 10.5. The third-order valence-corrected chi connectivity index (χ3v) is 4.47. The molecule has 1 aliphatic heterocycles. The molecular weight excluding hydrogens is 497 g/mol. The molecular formula is C21H42IN5O3. The highest BCUT2D eigenvalue weighted by atomic mass is 127. The Morgan fingerprint density at radius 1 is 1.20 bits per heavy atom. The molecule has 1 rings (SSSR count). The second-order valence-electron chi connectivity index (χ2n) is 9.85. The molecule has 1 atom stereocenters. The predicted octanol–water partition coefficient (Wildman–Crippen LogP) is 3.06. The fourth-order valence-corrected chi connectivity index (χ4v) is 3.31. The van der Waals surface area contributed by atoms with E-state index in [9.17, 15) is 9.59 Å². The number of amides is 2. The molecule has 0 aromatic heterocycles. The first kappa shape index (κ1) is 28.7. The van der Waals surface area contributed by atoms with Gasteiger partial charge in [0.2, 0.25) is 5.91 Å². The molecule has 1 heterocycles. The zero-order valence-corrected chi connectivity index (χ0v) is 22.3. The van der Waals surface area contributed by atoms with E-state index >= 15 is 0 Å². The molecule has 0 aromatic rings. The van der Waals surface area contributed by atoms with Crippen LogP contribution in [0.4, 0.5) is 4.79 Å². The van der Waals surface area contributed by atoms with Crippen molar-refractivity contribution in [2.24, 2.45) is 10.9 Å². The van der Waals surface area contributed by atoms with Crippen LogP contribution >= 0.6 is 24.0 Å². The Labute approximate surface area is 199 Å². The minimum Gasteiger partial charge on any atom is -0.444 e. The lowest BCUT2D eigenvalue weighted by molar-refractivity contribution is -0.122. The number of carbonyl (C=O) groups is 2. The molecule has 1 fully saturated rings. The zero-order chi connectivity index (χ0) is 22.2. The second-order valence-corrected chi connectivity index (χ2v) is 9.85. The maximum absolute atomic E-state index is 12.3. The summed E-state index contributed by atoms with van der Waals surface area (Å²) in [7, 11) is 3.56. The number of likely N-dealkylation sites (tertiary alicyclic amines) is 1. The summed E-state index contributed by atoms with van der Waals surface area (Å²) in [5.74, 6) is 1.08. The Balaban J connectivity index is 0.00000841. The van der Waals surface area contributed by atoms with Gasteiger partial charge in [0, 0.05) is 39.3 Å². The zero-order valence-electron chi connectivity index (χ0n) is 20.0. The van der Waals surface area contributed by atoms with Crippen molar-refractivity contribution in [3.05, 3.63) is 0 Å². The Morgan fingerprint density at radius 3 is 2.37 bits per heavy atom. The van der Waals surface area contributed by atoms with Gasteiger partial charge >= 0.3 is 6.09 Å². The number of hydrogen-bond acceptors (Lipinski definition) is 4. The molecule has 0 aliphatic carbocycles. The van der Waals surface area contributed by atoms with Crippen LogP contribution in [-0.4, -0.2) is 79.2 Å². The molecule has 0 saturated carbocycles. The van der Waals surface area contributed by atoms with Crippen LogP contribution < -0.4 is 10.6 Å². The summed E-state index contributed by atoms with van der Waals surface area (Å²) >= 11 is 0. The number of halogens is 1. The number of ether oxygens (including phenoxy) is 1. The number of carbonyl (C=O) groups excluding carboxylic acids is 2. The van der Waals surface area contributed by atoms with Crippen LogP contribution in [-0.2, 0) is 9.53 Å². The minimum absolute atomic E-state index is 0. The molecule has 1 aliphatic rings. The highest BCUT2D eigenvalue weighted by Gasteiger charge is 2.27. The number of piperidine rings is 1. The SMILES string of the molecule is CN=C(NCCC1CCCN(C(=O)OC(C)(C)C)C1)N(C)CC(=O)NC(C)(C)C.I. The first-order valence-corrected chi connectivity index (χ1v) is 10.5. The molecule has 1 saturated heterocycles. The lowest BCUT2D eigenvalue weighted by atomic mass is 9.95. The van der Waals surface area contributed by atoms with Gasteiger partial charge in [-0.2, -0.15) is 0 Å². The number of hydrogen-bond donors (Lipinski definition) is 2. The summed E-state index contributed by atoms with van der Waals surface area (Å²) in [5.41, 5.74) is -0.724. The fraction of sp³-hybridized carbons (Fsp3) is 0.857. The van der Waals surface area contributed by atoms with Gasteiger partial charge in [-0.05, 0) is 66.7 Å². The average molecular weight is 540 g/mol. The van der Waals surface area contributed by atoms with Crippen molar-refractivity contribution >= 4 is 41.9 Å². The number of nitrogens with one attached hydrogen (secondary N) is 2. The molecule has 2 N–H and O–H groups in total. The normalized spacial score (nSPS) is 17.7. The number of likely N-dealkylation sites (N-methyl/N-ethyl adjacent to an activating group) is 1. The maximum atomic E-state index is 12.3. The number of aliphatic imine (C=N–C) groups is 1. The van der Waals surface area contributed by atoms with E-state index in [0.29, 0.717) is 11.9 Å². The van der Waals surface area contributed by atoms with Crippen molar-refractivity contribution in [2.75, 3.05) is 40.3 Å². The maximum Gasteiger partial charge on any atom is 0.410 e. The van der Waals surface area contributed by atoms with Crippen molar-refractivity contribution in [1.82, 2.24) is 20.4 Å². The molecule has 0 spiro atoms. The second kappa shape index (κ2) is 12.6. The topological polar surface area (TPSA) is 86.3 Å². The monoisotopic (exact) mass is 539 g/mol. The smallest absolute Gasteiger partial charge is 0.410 e. The van der Waals surface area contributed by atoms with Gasteiger partial charge < -0.3 is 25.2 Å². The highest BCUT2D eigenvalue weighted by molar-refractivity contribution is 14.0. The van der Waals surface area contributed by atoms with Gasteiger partial charge in [-0.3, -0.25) is 9.79 Å². The first-order chi connectivity index (χ1) is 13.3. The van der Waals surface area contributed by atoms with Crippen LogP contribution in [0.25, 0.3) is 0 Å². The molecule has 0 radical (unpaired) electrons. The van der Waals surface area contributed by atoms with Crippen LogP contribution in [0.15, 0.2) is 4.99 Å². The summed E-state index contributed by atoms with van der Waals surface area (Å²) in [6, 6.07) is 0. The van der Waals surface area contributed by atoms with Crippen LogP contribution in [0.3, 0.4) is 0 Å². The highest BCUT2D eigenvalue weighted by Crippen LogP contribution is 2.21. The molecule has 0 bridgehead atoms. The number of guanidine groups is 1. The van der Waals surface area contributed by atoms with Crippen molar-refractivity contribution < 1.29 is 14.3 Å². The summed E-state index contributed by atoms with van der Waals surface area (Å²) in [6.45, 7) is 14.0. The standard InChI is InChI=1S/C21H41N5O3.HI/c1-20(2,3)24-17(27)15-25(8)18(22-7)23-12-11-16-10-9-13-26(14-16)19(28)29-21(4,5)6;/h16H,9-15H2,1-8H3,(H,22,23)(H,24,27);1H. The van der Waals surface area contributed by atoms with Crippen molar-refractivity contribution in [3.8, 4) is 0 Å². The van der Waals surface area contributed by atoms with E-state index in [1.54, 1.807) is 7.05 Å². The lowest BCUT2D eigenvalue weighted by Gasteiger charge is -2.34. The van der Waals surface area contributed by atoms with Gasteiger partial charge in [0.05, 0.1) is 6.54 Å². The van der Waals surface area contributed by atoms with E-state index in [2.05, 4.69) is 15.6 Å². The van der Waals surface area contributed by atoms with Crippen molar-refractivity contribution in [2.45, 2.75) is 71.9 Å². The fourth-order valence-electron chi connectivity index (χ4n) is 3.31. The summed E-state index contributed by atoms with van der Waals surface area (Å²) < 4.78 is 5.50. The largest absolute Gasteiger partial charge is 0.444 e. The molecule has 9 heteroatoms. The molecule has 1 unspecified atom stereocenters. The minimum atomic E-state index is -0.470.